The Hall–Kier alpha value is -2.31. The van der Waals surface area contributed by atoms with E-state index in [0.29, 0.717) is 0 Å². The molecule has 2 heterocycles. The summed E-state index contributed by atoms with van der Waals surface area (Å²) >= 11 is 1.80. The molecule has 1 aliphatic rings. The molecule has 0 saturated heterocycles. The molecule has 146 valence electrons. The third kappa shape index (κ3) is 3.42. The van der Waals surface area contributed by atoms with E-state index in [0.717, 1.165) is 37.6 Å². The molecule has 0 aliphatic carbocycles. The maximum absolute atomic E-state index is 5.05. The van der Waals surface area contributed by atoms with Gasteiger partial charge >= 0.3 is 0 Å². The van der Waals surface area contributed by atoms with Gasteiger partial charge in [-0.25, -0.2) is 4.99 Å². The maximum Gasteiger partial charge on any atom is 0.103 e. The predicted octanol–water partition coefficient (Wildman–Crippen LogP) is 4.73. The molecule has 0 bridgehead atoms. The zero-order chi connectivity index (χ0) is 19.7. The van der Waals surface area contributed by atoms with Gasteiger partial charge in [0.1, 0.15) is 5.69 Å². The zero-order valence-corrected chi connectivity index (χ0v) is 17.8. The van der Waals surface area contributed by atoms with Crippen LogP contribution >= 0.6 is 11.8 Å². The average molecular weight is 394 g/mol. The fourth-order valence-electron chi connectivity index (χ4n) is 3.61. The highest BCUT2D eigenvalue weighted by Gasteiger charge is 2.25. The highest BCUT2D eigenvalue weighted by molar-refractivity contribution is 8.00. The number of likely N-dealkylation sites (N-methyl/N-ethyl adjacent to an activating group) is 1. The van der Waals surface area contributed by atoms with Crippen LogP contribution in [0.15, 0.2) is 51.2 Å². The van der Waals surface area contributed by atoms with Gasteiger partial charge in [0.2, 0.25) is 0 Å². The first kappa shape index (κ1) is 19.0. The number of aromatic nitrogens is 2. The summed E-state index contributed by atoms with van der Waals surface area (Å²) in [5, 5.41) is 6.29. The summed E-state index contributed by atoms with van der Waals surface area (Å²) in [7, 11) is 3.99. The molecule has 0 saturated carbocycles. The van der Waals surface area contributed by atoms with Crippen molar-refractivity contribution in [2.75, 3.05) is 33.7 Å². The Morgan fingerprint density at radius 3 is 2.64 bits per heavy atom. The van der Waals surface area contributed by atoms with Crippen LogP contribution in [0.5, 0.6) is 0 Å². The second-order valence-corrected chi connectivity index (χ2v) is 8.27. The first-order chi connectivity index (χ1) is 13.6. The molecule has 0 radical (unpaired) electrons. The van der Waals surface area contributed by atoms with E-state index in [1.807, 2.05) is 25.3 Å². The molecule has 28 heavy (non-hydrogen) atoms. The van der Waals surface area contributed by atoms with Crippen LogP contribution in [0.3, 0.4) is 0 Å². The van der Waals surface area contributed by atoms with Crippen molar-refractivity contribution in [2.45, 2.75) is 30.2 Å². The summed E-state index contributed by atoms with van der Waals surface area (Å²) in [6.45, 7) is 8.46. The molecule has 0 amide bonds. The minimum absolute atomic E-state index is 0.894. The van der Waals surface area contributed by atoms with Gasteiger partial charge in [-0.1, -0.05) is 43.8 Å². The van der Waals surface area contributed by atoms with Crippen molar-refractivity contribution >= 4 is 34.7 Å². The van der Waals surface area contributed by atoms with E-state index in [1.54, 1.807) is 11.8 Å². The molecule has 1 aromatic heterocycles. The van der Waals surface area contributed by atoms with Crippen LogP contribution < -0.4 is 0 Å². The van der Waals surface area contributed by atoms with Crippen molar-refractivity contribution in [3.63, 3.8) is 0 Å². The second kappa shape index (κ2) is 7.97. The van der Waals surface area contributed by atoms with E-state index in [-0.39, 0.29) is 0 Å². The Bertz CT molecular complexity index is 1020. The monoisotopic (exact) mass is 393 g/mol. The third-order valence-corrected chi connectivity index (χ3v) is 6.35. The Morgan fingerprint density at radius 2 is 1.89 bits per heavy atom. The minimum atomic E-state index is 0.894. The number of aliphatic imine (C=N–C) groups is 1. The molecule has 4 rings (SSSR count). The average Bonchev–Trinajstić information content (AvgIpc) is 3.08. The predicted molar refractivity (Wildman–Crippen MR) is 119 cm³/mol. The molecule has 0 fully saturated rings. The van der Waals surface area contributed by atoms with Crippen LogP contribution in [-0.4, -0.2) is 59.6 Å². The van der Waals surface area contributed by atoms with Gasteiger partial charge in [-0.2, -0.15) is 5.10 Å². The summed E-state index contributed by atoms with van der Waals surface area (Å²) in [6, 6.07) is 12.8. The van der Waals surface area contributed by atoms with Gasteiger partial charge in [0.25, 0.3) is 0 Å². The minimum Gasteiger partial charge on any atom is -0.369 e. The summed E-state index contributed by atoms with van der Waals surface area (Å²) in [4.78, 5) is 11.6. The fourth-order valence-corrected chi connectivity index (χ4v) is 4.78. The van der Waals surface area contributed by atoms with E-state index in [1.165, 1.54) is 26.3 Å². The molecule has 0 atom stereocenters. The third-order valence-electron chi connectivity index (χ3n) is 5.15. The Kier molecular flexibility index (Phi) is 5.42. The number of hydrogen-bond acceptors (Lipinski definition) is 4. The number of benzene rings is 2. The molecular formula is C22H27N5S. The second-order valence-electron chi connectivity index (χ2n) is 7.21. The maximum atomic E-state index is 5.05. The molecule has 0 spiro atoms. The van der Waals surface area contributed by atoms with Crippen molar-refractivity contribution < 1.29 is 0 Å². The normalized spacial score (nSPS) is 12.9. The van der Waals surface area contributed by atoms with Crippen LogP contribution in [-0.2, 0) is 6.54 Å². The number of rotatable bonds is 7. The van der Waals surface area contributed by atoms with Crippen LogP contribution in [0.25, 0.3) is 22.2 Å². The van der Waals surface area contributed by atoms with Crippen molar-refractivity contribution in [3.8, 4) is 11.3 Å². The van der Waals surface area contributed by atoms with E-state index in [2.05, 4.69) is 59.8 Å². The smallest absolute Gasteiger partial charge is 0.103 e. The summed E-state index contributed by atoms with van der Waals surface area (Å²) in [6.07, 6.45) is 1.86. The first-order valence-corrected chi connectivity index (χ1v) is 10.7. The molecule has 0 unspecified atom stereocenters. The topological polar surface area (TPSA) is 36.7 Å². The number of hydrogen-bond donors (Lipinski definition) is 0. The van der Waals surface area contributed by atoms with Crippen molar-refractivity contribution in [3.05, 3.63) is 36.4 Å². The van der Waals surface area contributed by atoms with Gasteiger partial charge in [0.05, 0.1) is 24.1 Å². The summed E-state index contributed by atoms with van der Waals surface area (Å²) in [5.41, 5.74) is 4.51. The lowest BCUT2D eigenvalue weighted by atomic mass is 10.1. The number of fused-ring (bicyclic) bond motifs is 2. The SMILES string of the molecule is CCN(CC)CCn1nc2c3c(c(N=CN(C)C)ccc31)Sc1ccccc1-2. The van der Waals surface area contributed by atoms with Gasteiger partial charge in [0, 0.05) is 41.4 Å². The van der Waals surface area contributed by atoms with Crippen molar-refractivity contribution in [1.29, 1.82) is 0 Å². The molecule has 0 N–H and O–H groups in total. The van der Waals surface area contributed by atoms with E-state index in [9.17, 15) is 0 Å². The van der Waals surface area contributed by atoms with E-state index in [4.69, 9.17) is 10.1 Å². The quantitative estimate of drug-likeness (QED) is 0.336. The number of nitrogens with zero attached hydrogens (tertiary/aromatic N) is 5. The molecule has 2 aromatic carbocycles. The standard InChI is InChI=1S/C22H27N5S/c1-5-26(6-2)13-14-27-18-12-11-17(23-15-25(3)4)22-20(18)21(24-27)16-9-7-8-10-19(16)28-22/h7-12,15H,5-6,13-14H2,1-4H3. The molecule has 6 heteroatoms. The Labute approximate surface area is 171 Å². The van der Waals surface area contributed by atoms with Crippen LogP contribution in [0.1, 0.15) is 13.8 Å². The Morgan fingerprint density at radius 1 is 1.11 bits per heavy atom. The lowest BCUT2D eigenvalue weighted by Crippen LogP contribution is -2.27. The Balaban J connectivity index is 1.85. The van der Waals surface area contributed by atoms with E-state index >= 15 is 0 Å². The molecule has 1 aliphatic heterocycles. The van der Waals surface area contributed by atoms with Gasteiger partial charge in [0.15, 0.2) is 0 Å². The first-order valence-electron chi connectivity index (χ1n) is 9.86. The van der Waals surface area contributed by atoms with Crippen LogP contribution in [0.4, 0.5) is 5.69 Å². The van der Waals surface area contributed by atoms with Crippen LogP contribution in [0, 0.1) is 0 Å². The largest absolute Gasteiger partial charge is 0.369 e. The van der Waals surface area contributed by atoms with Gasteiger partial charge in [-0.3, -0.25) is 4.68 Å². The fraction of sp³-hybridized carbons (Fsp3) is 0.364. The summed E-state index contributed by atoms with van der Waals surface area (Å²) < 4.78 is 2.18. The molecule has 3 aromatic rings. The van der Waals surface area contributed by atoms with Gasteiger partial charge in [-0.05, 0) is 31.3 Å². The van der Waals surface area contributed by atoms with Gasteiger partial charge in [-0.15, -0.1) is 0 Å². The van der Waals surface area contributed by atoms with Crippen molar-refractivity contribution in [1.82, 2.24) is 19.6 Å². The van der Waals surface area contributed by atoms with Crippen LogP contribution in [0.2, 0.25) is 0 Å². The lowest BCUT2D eigenvalue weighted by Gasteiger charge is -2.18. The lowest BCUT2D eigenvalue weighted by molar-refractivity contribution is 0.287. The molecule has 5 nitrogen and oxygen atoms in total. The van der Waals surface area contributed by atoms with E-state index < -0.39 is 0 Å². The summed E-state index contributed by atoms with van der Waals surface area (Å²) in [5.74, 6) is 0. The highest BCUT2D eigenvalue weighted by Crippen LogP contribution is 2.50. The van der Waals surface area contributed by atoms with Crippen molar-refractivity contribution in [2.24, 2.45) is 4.99 Å². The molecular weight excluding hydrogens is 366 g/mol. The van der Waals surface area contributed by atoms with Gasteiger partial charge < -0.3 is 9.80 Å². The zero-order valence-electron chi connectivity index (χ0n) is 17.0. The highest BCUT2D eigenvalue weighted by atomic mass is 32.2.